The first-order chi connectivity index (χ1) is 11.8. The monoisotopic (exact) mass is 357 g/mol. The summed E-state index contributed by atoms with van der Waals surface area (Å²) in [5.74, 6) is 0.0871. The number of nitrogens with one attached hydrogen (secondary N) is 1. The molecule has 2 heterocycles. The fourth-order valence-electron chi connectivity index (χ4n) is 2.62. The Kier molecular flexibility index (Phi) is 6.18. The third-order valence-corrected chi connectivity index (χ3v) is 5.71. The third-order valence-electron chi connectivity index (χ3n) is 3.82. The van der Waals surface area contributed by atoms with Crippen molar-refractivity contribution in [3.63, 3.8) is 0 Å². The number of thiophene rings is 2. The Labute approximate surface area is 150 Å². The van der Waals surface area contributed by atoms with Gasteiger partial charge in [-0.15, -0.1) is 22.7 Å². The number of nitrogens with two attached hydrogens (primary N) is 1. The van der Waals surface area contributed by atoms with E-state index in [9.17, 15) is 4.79 Å². The third kappa shape index (κ3) is 4.77. The zero-order valence-electron chi connectivity index (χ0n) is 13.4. The molecule has 0 saturated carbocycles. The highest BCUT2D eigenvalue weighted by molar-refractivity contribution is 7.10. The summed E-state index contributed by atoms with van der Waals surface area (Å²) in [5, 5.41) is 9.28. The molecule has 0 aliphatic heterocycles. The van der Waals surface area contributed by atoms with Crippen LogP contribution < -0.4 is 10.6 Å². The van der Waals surface area contributed by atoms with Gasteiger partial charge >= 0.3 is 0 Å². The number of hydrogen-bond donors (Lipinski definition) is 2. The van der Waals surface area contributed by atoms with Gasteiger partial charge in [-0.2, -0.15) is 0 Å². The smallest absolute Gasteiger partial charge is 0.275 e. The van der Waals surface area contributed by atoms with Crippen molar-refractivity contribution in [3.05, 3.63) is 80.7 Å². The lowest BCUT2D eigenvalue weighted by Crippen LogP contribution is -2.87. The predicted octanol–water partition coefficient (Wildman–Crippen LogP) is 2.82. The molecule has 0 spiro atoms. The van der Waals surface area contributed by atoms with Crippen LogP contribution in [0.3, 0.4) is 0 Å². The van der Waals surface area contributed by atoms with E-state index < -0.39 is 0 Å². The minimum absolute atomic E-state index is 0.0871. The molecule has 1 amide bonds. The first kappa shape index (κ1) is 16.9. The van der Waals surface area contributed by atoms with Crippen molar-refractivity contribution in [1.82, 2.24) is 5.32 Å². The minimum Gasteiger partial charge on any atom is -0.351 e. The summed E-state index contributed by atoms with van der Waals surface area (Å²) in [6.07, 6.45) is 0.899. The lowest BCUT2D eigenvalue weighted by Gasteiger charge is -2.14. The number of amides is 1. The van der Waals surface area contributed by atoms with Gasteiger partial charge in [0.1, 0.15) is 6.04 Å². The number of rotatable bonds is 8. The van der Waals surface area contributed by atoms with E-state index in [0.29, 0.717) is 13.1 Å². The molecule has 0 saturated heterocycles. The van der Waals surface area contributed by atoms with E-state index in [4.69, 9.17) is 0 Å². The van der Waals surface area contributed by atoms with Crippen LogP contribution in [0.1, 0.15) is 21.4 Å². The highest BCUT2D eigenvalue weighted by Crippen LogP contribution is 2.22. The van der Waals surface area contributed by atoms with Gasteiger partial charge in [-0.05, 0) is 29.3 Å². The molecule has 0 fully saturated rings. The van der Waals surface area contributed by atoms with E-state index in [1.807, 2.05) is 24.3 Å². The van der Waals surface area contributed by atoms with Gasteiger partial charge in [0.2, 0.25) is 0 Å². The Balaban J connectivity index is 1.53. The average Bonchev–Trinajstić information content (AvgIpc) is 3.30. The zero-order valence-corrected chi connectivity index (χ0v) is 15.0. The van der Waals surface area contributed by atoms with Crippen LogP contribution in [-0.4, -0.2) is 19.0 Å². The van der Waals surface area contributed by atoms with Crippen LogP contribution in [0.2, 0.25) is 0 Å². The fourth-order valence-corrected chi connectivity index (χ4v) is 4.18. The normalized spacial score (nSPS) is 12.0. The second kappa shape index (κ2) is 8.78. The van der Waals surface area contributed by atoms with Gasteiger partial charge in [0.05, 0.1) is 4.88 Å². The molecule has 0 bridgehead atoms. The molecule has 2 aromatic heterocycles. The first-order valence-electron chi connectivity index (χ1n) is 8.03. The molecular weight excluding hydrogens is 336 g/mol. The van der Waals surface area contributed by atoms with Crippen LogP contribution >= 0.6 is 22.7 Å². The highest BCUT2D eigenvalue weighted by atomic mass is 32.1. The molecule has 0 unspecified atom stereocenters. The molecule has 0 aliphatic carbocycles. The first-order valence-corrected chi connectivity index (χ1v) is 9.79. The highest BCUT2D eigenvalue weighted by Gasteiger charge is 2.19. The summed E-state index contributed by atoms with van der Waals surface area (Å²) in [6, 6.07) is 18.9. The number of hydrogen-bond acceptors (Lipinski definition) is 3. The molecule has 0 radical (unpaired) electrons. The van der Waals surface area contributed by atoms with Crippen LogP contribution in [-0.2, 0) is 11.2 Å². The standard InChI is InChI=1S/C19H20N2OS2/c22-18(20-11-10-16-8-4-12-23-16)14-21-19(17-9-5-13-24-17)15-6-2-1-3-7-15/h1-9,12-13,19,21H,10-11,14H2,(H,20,22)/p+1/t19-/m1/s1. The molecule has 3 rings (SSSR count). The van der Waals surface area contributed by atoms with Crippen molar-refractivity contribution in [1.29, 1.82) is 0 Å². The van der Waals surface area contributed by atoms with Crippen molar-refractivity contribution in [2.75, 3.05) is 13.1 Å². The number of carbonyl (C=O) groups is 1. The van der Waals surface area contributed by atoms with Crippen molar-refractivity contribution in [2.24, 2.45) is 0 Å². The molecule has 1 atom stereocenters. The molecule has 3 aromatic rings. The second-order valence-corrected chi connectivity index (χ2v) is 7.53. The molecule has 3 N–H and O–H groups in total. The molecule has 0 aliphatic rings. The van der Waals surface area contributed by atoms with Crippen molar-refractivity contribution < 1.29 is 10.1 Å². The lowest BCUT2D eigenvalue weighted by atomic mass is 10.1. The molecule has 124 valence electrons. The Morgan fingerprint density at radius 2 is 1.79 bits per heavy atom. The maximum Gasteiger partial charge on any atom is 0.275 e. The Hall–Kier alpha value is -1.95. The maximum atomic E-state index is 12.1. The van der Waals surface area contributed by atoms with E-state index in [-0.39, 0.29) is 11.9 Å². The number of benzene rings is 1. The Bertz CT molecular complexity index is 724. The SMILES string of the molecule is O=C(C[NH2+][C@H](c1ccccc1)c1cccs1)NCCc1cccs1. The minimum atomic E-state index is 0.0871. The van der Waals surface area contributed by atoms with Gasteiger partial charge in [-0.3, -0.25) is 4.79 Å². The molecular formula is C19H21N2OS2+. The Morgan fingerprint density at radius 3 is 2.50 bits per heavy atom. The summed E-state index contributed by atoms with van der Waals surface area (Å²) < 4.78 is 0. The van der Waals surface area contributed by atoms with Gasteiger partial charge in [-0.1, -0.05) is 42.5 Å². The van der Waals surface area contributed by atoms with Gasteiger partial charge in [0, 0.05) is 17.0 Å². The van der Waals surface area contributed by atoms with E-state index in [0.717, 1.165) is 6.42 Å². The van der Waals surface area contributed by atoms with Crippen molar-refractivity contribution >= 4 is 28.6 Å². The topological polar surface area (TPSA) is 45.7 Å². The number of carbonyl (C=O) groups excluding carboxylic acids is 1. The predicted molar refractivity (Wildman–Crippen MR) is 100 cm³/mol. The van der Waals surface area contributed by atoms with Crippen LogP contribution in [0.15, 0.2) is 65.4 Å². The largest absolute Gasteiger partial charge is 0.351 e. The summed E-state index contributed by atoms with van der Waals surface area (Å²) in [4.78, 5) is 14.7. The van der Waals surface area contributed by atoms with Crippen LogP contribution in [0.25, 0.3) is 0 Å². The summed E-state index contributed by atoms with van der Waals surface area (Å²) in [5.41, 5.74) is 1.23. The summed E-state index contributed by atoms with van der Waals surface area (Å²) in [7, 11) is 0. The van der Waals surface area contributed by atoms with Gasteiger partial charge in [0.15, 0.2) is 6.54 Å². The van der Waals surface area contributed by atoms with Gasteiger partial charge in [0.25, 0.3) is 5.91 Å². The van der Waals surface area contributed by atoms with Crippen molar-refractivity contribution in [3.8, 4) is 0 Å². The van der Waals surface area contributed by atoms with E-state index in [1.54, 1.807) is 22.7 Å². The molecule has 5 heteroatoms. The van der Waals surface area contributed by atoms with E-state index in [1.165, 1.54) is 15.3 Å². The quantitative estimate of drug-likeness (QED) is 0.640. The fraction of sp³-hybridized carbons (Fsp3) is 0.211. The van der Waals surface area contributed by atoms with Crippen LogP contribution in [0.4, 0.5) is 0 Å². The zero-order chi connectivity index (χ0) is 16.6. The summed E-state index contributed by atoms with van der Waals surface area (Å²) in [6.45, 7) is 1.13. The number of quaternary nitrogens is 1. The van der Waals surface area contributed by atoms with Gasteiger partial charge < -0.3 is 10.6 Å². The van der Waals surface area contributed by atoms with Crippen LogP contribution in [0.5, 0.6) is 0 Å². The van der Waals surface area contributed by atoms with E-state index in [2.05, 4.69) is 51.7 Å². The second-order valence-electron chi connectivity index (χ2n) is 5.52. The summed E-state index contributed by atoms with van der Waals surface area (Å²) >= 11 is 3.46. The van der Waals surface area contributed by atoms with Crippen molar-refractivity contribution in [2.45, 2.75) is 12.5 Å². The molecule has 1 aromatic carbocycles. The van der Waals surface area contributed by atoms with Crippen LogP contribution in [0, 0.1) is 0 Å². The molecule has 3 nitrogen and oxygen atoms in total. The molecule has 24 heavy (non-hydrogen) atoms. The van der Waals surface area contributed by atoms with Gasteiger partial charge in [-0.25, -0.2) is 0 Å². The maximum absolute atomic E-state index is 12.1. The lowest BCUT2D eigenvalue weighted by molar-refractivity contribution is -0.676. The Morgan fingerprint density at radius 1 is 1.00 bits per heavy atom. The van der Waals surface area contributed by atoms with E-state index >= 15 is 0 Å². The average molecular weight is 358 g/mol.